The first kappa shape index (κ1) is 19.8. The molecule has 1 aromatic heterocycles. The number of carbonyl (C=O) groups is 1. The van der Waals surface area contributed by atoms with Gasteiger partial charge in [-0.25, -0.2) is 13.4 Å². The number of nitrogens with one attached hydrogen (secondary N) is 1. The van der Waals surface area contributed by atoms with Crippen molar-refractivity contribution in [1.29, 1.82) is 0 Å². The second kappa shape index (κ2) is 7.94. The van der Waals surface area contributed by atoms with E-state index in [4.69, 9.17) is 0 Å². The fourth-order valence-corrected chi connectivity index (χ4v) is 3.96. The van der Waals surface area contributed by atoms with Crippen LogP contribution in [0.4, 0.5) is 5.69 Å². The summed E-state index contributed by atoms with van der Waals surface area (Å²) in [4.78, 5) is 16.6. The average molecular weight is 394 g/mol. The highest BCUT2D eigenvalue weighted by Crippen LogP contribution is 2.22. The number of anilines is 1. The van der Waals surface area contributed by atoms with Gasteiger partial charge in [-0.15, -0.1) is 0 Å². The zero-order chi connectivity index (χ0) is 20.3. The molecule has 0 bridgehead atoms. The Morgan fingerprint density at radius 3 is 2.25 bits per heavy atom. The number of benzene rings is 2. The number of carbonyl (C=O) groups excluding carboxylic acids is 1. The van der Waals surface area contributed by atoms with Crippen LogP contribution in [0, 0.1) is 13.8 Å². The summed E-state index contributed by atoms with van der Waals surface area (Å²) < 4.78 is 25.5. The molecule has 0 spiro atoms. The number of rotatable bonds is 5. The Balaban J connectivity index is 1.79. The first-order chi connectivity index (χ1) is 13.3. The van der Waals surface area contributed by atoms with Crippen LogP contribution in [-0.4, -0.2) is 19.3 Å². The lowest BCUT2D eigenvalue weighted by Gasteiger charge is -2.08. The van der Waals surface area contributed by atoms with Crippen molar-refractivity contribution in [2.24, 2.45) is 0 Å². The highest BCUT2D eigenvalue weighted by molar-refractivity contribution is 7.91. The summed E-state index contributed by atoms with van der Waals surface area (Å²) >= 11 is 0. The van der Waals surface area contributed by atoms with E-state index in [1.54, 1.807) is 18.2 Å². The number of sulfone groups is 1. The zero-order valence-electron chi connectivity index (χ0n) is 16.1. The minimum atomic E-state index is -3.73. The van der Waals surface area contributed by atoms with Gasteiger partial charge in [0.1, 0.15) is 0 Å². The molecule has 1 heterocycles. The summed E-state index contributed by atoms with van der Waals surface area (Å²) in [5.41, 5.74) is 4.06. The van der Waals surface area contributed by atoms with Crippen molar-refractivity contribution in [3.8, 4) is 0 Å². The zero-order valence-corrected chi connectivity index (χ0v) is 16.9. The van der Waals surface area contributed by atoms with E-state index in [2.05, 4.69) is 17.2 Å². The first-order valence-corrected chi connectivity index (χ1v) is 10.5. The Bertz CT molecular complexity index is 1100. The number of aromatic nitrogens is 1. The third-order valence-electron chi connectivity index (χ3n) is 4.68. The van der Waals surface area contributed by atoms with E-state index in [0.717, 1.165) is 17.5 Å². The van der Waals surface area contributed by atoms with Gasteiger partial charge in [-0.05, 0) is 73.4 Å². The molecular formula is C22H22N2O3S. The minimum Gasteiger partial charge on any atom is -0.322 e. The van der Waals surface area contributed by atoms with Gasteiger partial charge >= 0.3 is 0 Å². The summed E-state index contributed by atoms with van der Waals surface area (Å²) in [5, 5.41) is 2.70. The monoisotopic (exact) mass is 394 g/mol. The normalized spacial score (nSPS) is 11.2. The molecule has 2 aromatic carbocycles. The first-order valence-electron chi connectivity index (χ1n) is 9.00. The van der Waals surface area contributed by atoms with Gasteiger partial charge in [-0.1, -0.05) is 25.1 Å². The molecule has 28 heavy (non-hydrogen) atoms. The van der Waals surface area contributed by atoms with E-state index in [1.807, 2.05) is 38.1 Å². The van der Waals surface area contributed by atoms with Crippen molar-refractivity contribution in [2.45, 2.75) is 37.1 Å². The van der Waals surface area contributed by atoms with Gasteiger partial charge in [0.2, 0.25) is 9.84 Å². The molecule has 0 atom stereocenters. The number of hydrogen-bond donors (Lipinski definition) is 1. The maximum absolute atomic E-state index is 12.8. The molecule has 3 rings (SSSR count). The molecule has 3 aromatic rings. The Hall–Kier alpha value is -2.99. The Labute approximate surface area is 165 Å². The van der Waals surface area contributed by atoms with Crippen LogP contribution in [0.25, 0.3) is 0 Å². The van der Waals surface area contributed by atoms with E-state index >= 15 is 0 Å². The number of pyridine rings is 1. The SMILES string of the molecule is CCc1ccc(NC(=O)c2ccc(S(=O)(=O)c3ccc(C)c(C)c3)nc2)cc1. The molecule has 1 amide bonds. The Kier molecular flexibility index (Phi) is 5.61. The van der Waals surface area contributed by atoms with Gasteiger partial charge in [-0.3, -0.25) is 4.79 Å². The van der Waals surface area contributed by atoms with Crippen molar-refractivity contribution in [3.05, 3.63) is 83.0 Å². The standard InChI is InChI=1S/C22H22N2O3S/c1-4-17-6-9-19(10-7-17)24-22(25)18-8-12-21(23-14-18)28(26,27)20-11-5-15(2)16(3)13-20/h5-14H,4H2,1-3H3,(H,24,25). The summed E-state index contributed by atoms with van der Waals surface area (Å²) in [6, 6.07) is 15.4. The highest BCUT2D eigenvalue weighted by atomic mass is 32.2. The topological polar surface area (TPSA) is 76.1 Å². The lowest BCUT2D eigenvalue weighted by molar-refractivity contribution is 0.102. The molecule has 0 unspecified atom stereocenters. The molecule has 0 saturated carbocycles. The quantitative estimate of drug-likeness (QED) is 0.698. The smallest absolute Gasteiger partial charge is 0.257 e. The van der Waals surface area contributed by atoms with E-state index in [0.29, 0.717) is 11.3 Å². The maximum Gasteiger partial charge on any atom is 0.257 e. The largest absolute Gasteiger partial charge is 0.322 e. The van der Waals surface area contributed by atoms with Gasteiger partial charge in [0.05, 0.1) is 10.5 Å². The third kappa shape index (κ3) is 4.12. The lowest BCUT2D eigenvalue weighted by Crippen LogP contribution is -2.13. The van der Waals surface area contributed by atoms with E-state index < -0.39 is 9.84 Å². The molecule has 0 radical (unpaired) electrons. The molecule has 0 aliphatic carbocycles. The molecule has 144 valence electrons. The number of aryl methyl sites for hydroxylation is 3. The van der Waals surface area contributed by atoms with E-state index in [9.17, 15) is 13.2 Å². The predicted octanol–water partition coefficient (Wildman–Crippen LogP) is 4.35. The Morgan fingerprint density at radius 1 is 0.964 bits per heavy atom. The Morgan fingerprint density at radius 2 is 1.68 bits per heavy atom. The highest BCUT2D eigenvalue weighted by Gasteiger charge is 2.20. The van der Waals surface area contributed by atoms with Crippen LogP contribution in [-0.2, 0) is 16.3 Å². The average Bonchev–Trinajstić information content (AvgIpc) is 2.70. The number of nitrogens with zero attached hydrogens (tertiary/aromatic N) is 1. The second-order valence-electron chi connectivity index (χ2n) is 6.64. The van der Waals surface area contributed by atoms with Crippen molar-refractivity contribution in [3.63, 3.8) is 0 Å². The third-order valence-corrected chi connectivity index (χ3v) is 6.35. The van der Waals surface area contributed by atoms with Crippen molar-refractivity contribution >= 4 is 21.4 Å². The molecule has 0 aliphatic rings. The van der Waals surface area contributed by atoms with Crippen LogP contribution in [0.2, 0.25) is 0 Å². The van der Waals surface area contributed by atoms with Crippen LogP contribution in [0.15, 0.2) is 70.7 Å². The molecular weight excluding hydrogens is 372 g/mol. The van der Waals surface area contributed by atoms with Crippen molar-refractivity contribution in [2.75, 3.05) is 5.32 Å². The van der Waals surface area contributed by atoms with E-state index in [-0.39, 0.29) is 15.8 Å². The van der Waals surface area contributed by atoms with Crippen molar-refractivity contribution < 1.29 is 13.2 Å². The fourth-order valence-electron chi connectivity index (χ4n) is 2.70. The van der Waals surface area contributed by atoms with Crippen LogP contribution >= 0.6 is 0 Å². The molecule has 0 fully saturated rings. The van der Waals surface area contributed by atoms with Crippen molar-refractivity contribution in [1.82, 2.24) is 4.98 Å². The van der Waals surface area contributed by atoms with Crippen LogP contribution in [0.1, 0.15) is 34.0 Å². The minimum absolute atomic E-state index is 0.0837. The molecule has 5 nitrogen and oxygen atoms in total. The second-order valence-corrected chi connectivity index (χ2v) is 8.54. The predicted molar refractivity (Wildman–Crippen MR) is 109 cm³/mol. The van der Waals surface area contributed by atoms with Gasteiger partial charge < -0.3 is 5.32 Å². The molecule has 0 saturated heterocycles. The van der Waals surface area contributed by atoms with E-state index in [1.165, 1.54) is 23.9 Å². The lowest BCUT2D eigenvalue weighted by atomic mass is 10.1. The summed E-state index contributed by atoms with van der Waals surface area (Å²) in [6.45, 7) is 5.85. The van der Waals surface area contributed by atoms with Gasteiger partial charge in [0, 0.05) is 11.9 Å². The van der Waals surface area contributed by atoms with Crippen LogP contribution in [0.3, 0.4) is 0 Å². The molecule has 0 aliphatic heterocycles. The summed E-state index contributed by atoms with van der Waals surface area (Å²) in [7, 11) is -3.73. The van der Waals surface area contributed by atoms with Crippen LogP contribution < -0.4 is 5.32 Å². The van der Waals surface area contributed by atoms with Crippen LogP contribution in [0.5, 0.6) is 0 Å². The summed E-state index contributed by atoms with van der Waals surface area (Å²) in [5.74, 6) is -0.341. The maximum atomic E-state index is 12.8. The molecule has 6 heteroatoms. The molecule has 1 N–H and O–H groups in total. The number of amides is 1. The fraction of sp³-hybridized carbons (Fsp3) is 0.182. The van der Waals surface area contributed by atoms with Gasteiger partial charge in [-0.2, -0.15) is 0 Å². The number of hydrogen-bond acceptors (Lipinski definition) is 4. The van der Waals surface area contributed by atoms with Gasteiger partial charge in [0.25, 0.3) is 5.91 Å². The summed E-state index contributed by atoms with van der Waals surface area (Å²) in [6.07, 6.45) is 2.21. The van der Waals surface area contributed by atoms with Gasteiger partial charge in [0.15, 0.2) is 5.03 Å².